The van der Waals surface area contributed by atoms with E-state index in [-0.39, 0.29) is 12.6 Å². The molecule has 0 saturated heterocycles. The van der Waals surface area contributed by atoms with Crippen LogP contribution < -0.4 is 10.1 Å². The molecule has 0 aliphatic rings. The van der Waals surface area contributed by atoms with Crippen LogP contribution in [0.2, 0.25) is 0 Å². The molecule has 1 aromatic rings. The Morgan fingerprint density at radius 2 is 1.95 bits per heavy atom. The Morgan fingerprint density at radius 3 is 2.47 bits per heavy atom. The summed E-state index contributed by atoms with van der Waals surface area (Å²) in [6.45, 7) is 4.31. The number of benzene rings is 1. The molecule has 0 aliphatic heterocycles. The lowest BCUT2D eigenvalue weighted by Gasteiger charge is -2.17. The topological polar surface area (TPSA) is 47.6 Å². The van der Waals surface area contributed by atoms with E-state index in [0.717, 1.165) is 18.5 Å². The van der Waals surface area contributed by atoms with E-state index in [2.05, 4.69) is 23.9 Å². The highest BCUT2D eigenvalue weighted by atomic mass is 16.6. The third-order valence-electron chi connectivity index (χ3n) is 2.94. The molecule has 4 heteroatoms. The van der Waals surface area contributed by atoms with Gasteiger partial charge in [-0.05, 0) is 37.1 Å². The molecular formula is C15H23NO3. The third-order valence-corrected chi connectivity index (χ3v) is 2.94. The van der Waals surface area contributed by atoms with Gasteiger partial charge in [-0.1, -0.05) is 20.3 Å². The Labute approximate surface area is 115 Å². The number of hydrogen-bond acceptors (Lipinski definition) is 4. The van der Waals surface area contributed by atoms with Gasteiger partial charge in [0.25, 0.3) is 0 Å². The zero-order chi connectivity index (χ0) is 14.1. The first kappa shape index (κ1) is 15.3. The van der Waals surface area contributed by atoms with Crippen LogP contribution in [0.5, 0.6) is 5.75 Å². The monoisotopic (exact) mass is 265 g/mol. The van der Waals surface area contributed by atoms with Gasteiger partial charge >= 0.3 is 5.97 Å². The maximum atomic E-state index is 10.9. The first-order valence-corrected chi connectivity index (χ1v) is 6.75. The molecule has 4 nitrogen and oxygen atoms in total. The molecule has 1 atom stereocenters. The number of rotatable bonds is 8. The first-order valence-electron chi connectivity index (χ1n) is 6.75. The van der Waals surface area contributed by atoms with E-state index in [1.165, 1.54) is 13.5 Å². The Balaban J connectivity index is 2.48. The van der Waals surface area contributed by atoms with Gasteiger partial charge in [-0.2, -0.15) is 0 Å². The van der Waals surface area contributed by atoms with Gasteiger partial charge in [0.05, 0.1) is 7.11 Å². The minimum Gasteiger partial charge on any atom is -0.482 e. The summed E-state index contributed by atoms with van der Waals surface area (Å²) in [7, 11) is 1.34. The maximum Gasteiger partial charge on any atom is 0.343 e. The lowest BCUT2D eigenvalue weighted by Crippen LogP contribution is -2.17. The van der Waals surface area contributed by atoms with Crippen LogP contribution in [0.4, 0.5) is 5.69 Å². The highest BCUT2D eigenvalue weighted by Gasteiger charge is 2.05. The van der Waals surface area contributed by atoms with Crippen LogP contribution >= 0.6 is 0 Å². The Hall–Kier alpha value is -1.71. The summed E-state index contributed by atoms with van der Waals surface area (Å²) < 4.78 is 9.80. The maximum absolute atomic E-state index is 10.9. The van der Waals surface area contributed by atoms with E-state index in [1.54, 1.807) is 0 Å². The smallest absolute Gasteiger partial charge is 0.343 e. The standard InChI is InChI=1S/C15H23NO3/c1-4-6-12(5-2)16-13-7-9-14(10-8-13)19-11-15(17)18-3/h7-10,12,16H,4-6,11H2,1-3H3. The van der Waals surface area contributed by atoms with Gasteiger partial charge in [-0.25, -0.2) is 4.79 Å². The van der Waals surface area contributed by atoms with E-state index in [1.807, 2.05) is 24.3 Å². The van der Waals surface area contributed by atoms with Crippen molar-refractivity contribution in [2.24, 2.45) is 0 Å². The average Bonchev–Trinajstić information content (AvgIpc) is 2.45. The minimum atomic E-state index is -0.379. The predicted molar refractivity (Wildman–Crippen MR) is 76.6 cm³/mol. The minimum absolute atomic E-state index is 0.0588. The van der Waals surface area contributed by atoms with Crippen LogP contribution in [0, 0.1) is 0 Å². The van der Waals surface area contributed by atoms with Crippen LogP contribution in [0.25, 0.3) is 0 Å². The van der Waals surface area contributed by atoms with Crippen molar-refractivity contribution in [1.29, 1.82) is 0 Å². The average molecular weight is 265 g/mol. The highest BCUT2D eigenvalue weighted by molar-refractivity contribution is 5.70. The summed E-state index contributed by atoms with van der Waals surface area (Å²) in [5.74, 6) is 0.288. The van der Waals surface area contributed by atoms with Gasteiger partial charge in [-0.3, -0.25) is 0 Å². The van der Waals surface area contributed by atoms with E-state index >= 15 is 0 Å². The second-order valence-corrected chi connectivity index (χ2v) is 4.43. The molecule has 0 fully saturated rings. The number of carbonyl (C=O) groups is 1. The lowest BCUT2D eigenvalue weighted by atomic mass is 10.1. The van der Waals surface area contributed by atoms with Crippen molar-refractivity contribution < 1.29 is 14.3 Å². The fourth-order valence-corrected chi connectivity index (χ4v) is 1.81. The van der Waals surface area contributed by atoms with Crippen LogP contribution in [0.1, 0.15) is 33.1 Å². The van der Waals surface area contributed by atoms with Crippen LogP contribution in [-0.4, -0.2) is 25.7 Å². The molecule has 19 heavy (non-hydrogen) atoms. The number of nitrogens with one attached hydrogen (secondary N) is 1. The number of ether oxygens (including phenoxy) is 2. The second kappa shape index (κ2) is 8.40. The molecule has 106 valence electrons. The van der Waals surface area contributed by atoms with E-state index < -0.39 is 0 Å². The van der Waals surface area contributed by atoms with Gasteiger partial charge in [0.1, 0.15) is 5.75 Å². The van der Waals surface area contributed by atoms with Gasteiger partial charge in [0.2, 0.25) is 0 Å². The van der Waals surface area contributed by atoms with Crippen molar-refractivity contribution in [3.63, 3.8) is 0 Å². The number of anilines is 1. The van der Waals surface area contributed by atoms with Crippen molar-refractivity contribution in [1.82, 2.24) is 0 Å². The van der Waals surface area contributed by atoms with Gasteiger partial charge in [-0.15, -0.1) is 0 Å². The van der Waals surface area contributed by atoms with Crippen LogP contribution in [-0.2, 0) is 9.53 Å². The van der Waals surface area contributed by atoms with Crippen molar-refractivity contribution in [3.8, 4) is 5.75 Å². The quantitative estimate of drug-likeness (QED) is 0.733. The summed E-state index contributed by atoms with van der Waals surface area (Å²) >= 11 is 0. The third kappa shape index (κ3) is 5.64. The Bertz CT molecular complexity index is 375. The predicted octanol–water partition coefficient (Wildman–Crippen LogP) is 3.23. The molecule has 1 aromatic carbocycles. The molecule has 0 bridgehead atoms. The summed E-state index contributed by atoms with van der Waals surface area (Å²) in [6, 6.07) is 8.14. The summed E-state index contributed by atoms with van der Waals surface area (Å²) in [5.41, 5.74) is 1.07. The molecule has 0 heterocycles. The number of esters is 1. The van der Waals surface area contributed by atoms with Crippen molar-refractivity contribution in [3.05, 3.63) is 24.3 Å². The van der Waals surface area contributed by atoms with Crippen molar-refractivity contribution >= 4 is 11.7 Å². The van der Waals surface area contributed by atoms with Crippen LogP contribution in [0.3, 0.4) is 0 Å². The van der Waals surface area contributed by atoms with Gasteiger partial charge < -0.3 is 14.8 Å². The molecule has 1 unspecified atom stereocenters. The number of methoxy groups -OCH3 is 1. The molecule has 0 radical (unpaired) electrons. The Kier molecular flexibility index (Phi) is 6.79. The molecular weight excluding hydrogens is 242 g/mol. The SMILES string of the molecule is CCCC(CC)Nc1ccc(OCC(=O)OC)cc1. The van der Waals surface area contributed by atoms with Gasteiger partial charge in [0, 0.05) is 11.7 Å². The molecule has 1 N–H and O–H groups in total. The highest BCUT2D eigenvalue weighted by Crippen LogP contribution is 2.18. The molecule has 0 aliphatic carbocycles. The zero-order valence-electron chi connectivity index (χ0n) is 11.9. The normalized spacial score (nSPS) is 11.7. The molecule has 0 spiro atoms. The second-order valence-electron chi connectivity index (χ2n) is 4.43. The fraction of sp³-hybridized carbons (Fsp3) is 0.533. The summed E-state index contributed by atoms with van der Waals surface area (Å²) in [4.78, 5) is 10.9. The van der Waals surface area contributed by atoms with Crippen molar-refractivity contribution in [2.45, 2.75) is 39.2 Å². The largest absolute Gasteiger partial charge is 0.482 e. The number of hydrogen-bond donors (Lipinski definition) is 1. The van der Waals surface area contributed by atoms with E-state index in [4.69, 9.17) is 4.74 Å². The zero-order valence-corrected chi connectivity index (χ0v) is 11.9. The van der Waals surface area contributed by atoms with Crippen molar-refractivity contribution in [2.75, 3.05) is 19.0 Å². The molecule has 0 amide bonds. The first-order chi connectivity index (χ1) is 9.19. The summed E-state index contributed by atoms with van der Waals surface area (Å²) in [5, 5.41) is 3.49. The van der Waals surface area contributed by atoms with E-state index in [0.29, 0.717) is 11.8 Å². The number of carbonyl (C=O) groups excluding carboxylic acids is 1. The van der Waals surface area contributed by atoms with Crippen LogP contribution in [0.15, 0.2) is 24.3 Å². The van der Waals surface area contributed by atoms with E-state index in [9.17, 15) is 4.79 Å². The summed E-state index contributed by atoms with van der Waals surface area (Å²) in [6.07, 6.45) is 3.44. The van der Waals surface area contributed by atoms with Gasteiger partial charge in [0.15, 0.2) is 6.61 Å². The molecule has 1 rings (SSSR count). The molecule has 0 saturated carbocycles. The Morgan fingerprint density at radius 1 is 1.26 bits per heavy atom. The fourth-order valence-electron chi connectivity index (χ4n) is 1.81. The molecule has 0 aromatic heterocycles. The lowest BCUT2D eigenvalue weighted by molar-refractivity contribution is -0.142.